The largest absolute Gasteiger partial charge is 0.495 e. The van der Waals surface area contributed by atoms with Crippen LogP contribution in [0.1, 0.15) is 40.0 Å². The molecule has 2 aliphatic rings. The molecule has 2 unspecified atom stereocenters. The molecular weight excluding hydrogens is 328 g/mol. The van der Waals surface area contributed by atoms with E-state index in [9.17, 15) is 10.0 Å². The number of benzene rings is 1. The van der Waals surface area contributed by atoms with Crippen molar-refractivity contribution in [3.63, 3.8) is 0 Å². The third-order valence-electron chi connectivity index (χ3n) is 6.70. The molecule has 2 bridgehead atoms. The second kappa shape index (κ2) is 5.38. The van der Waals surface area contributed by atoms with Crippen molar-refractivity contribution in [3.05, 3.63) is 23.2 Å². The van der Waals surface area contributed by atoms with Crippen molar-refractivity contribution in [2.75, 3.05) is 12.4 Å². The molecule has 0 aliphatic heterocycles. The molecule has 2 aliphatic carbocycles. The zero-order valence-electron chi connectivity index (χ0n) is 14.4. The average Bonchev–Trinajstić information content (AvgIpc) is 2.85. The third kappa shape index (κ3) is 2.00. The first-order chi connectivity index (χ1) is 11.2. The molecule has 0 saturated heterocycles. The van der Waals surface area contributed by atoms with Crippen LogP contribution in [0, 0.1) is 16.2 Å². The Kier molecular flexibility index (Phi) is 3.83. The van der Waals surface area contributed by atoms with Gasteiger partial charge in [-0.1, -0.05) is 37.5 Å². The number of carbonyl (C=O) groups is 1. The molecule has 1 aromatic rings. The molecule has 0 spiro atoms. The Labute approximate surface area is 147 Å². The fourth-order valence-electron chi connectivity index (χ4n) is 4.55. The maximum absolute atomic E-state index is 13.2. The van der Waals surface area contributed by atoms with E-state index in [0.29, 0.717) is 28.6 Å². The van der Waals surface area contributed by atoms with Crippen molar-refractivity contribution < 1.29 is 14.7 Å². The number of anilines is 1. The van der Waals surface area contributed by atoms with Gasteiger partial charge in [0.05, 0.1) is 23.9 Å². The molecule has 0 aromatic heterocycles. The highest BCUT2D eigenvalue weighted by Gasteiger charge is 2.71. The fourth-order valence-corrected chi connectivity index (χ4v) is 4.73. The predicted octanol–water partition coefficient (Wildman–Crippen LogP) is 4.33. The summed E-state index contributed by atoms with van der Waals surface area (Å²) in [7, 11) is 1.56. The van der Waals surface area contributed by atoms with E-state index < -0.39 is 5.41 Å². The zero-order chi connectivity index (χ0) is 17.8. The first-order valence-electron chi connectivity index (χ1n) is 8.08. The number of nitrogens with zero attached hydrogens (tertiary/aromatic N) is 1. The van der Waals surface area contributed by atoms with Crippen LogP contribution in [0.15, 0.2) is 23.4 Å². The average molecular weight is 351 g/mol. The molecule has 1 aromatic carbocycles. The van der Waals surface area contributed by atoms with Crippen LogP contribution in [0.4, 0.5) is 5.69 Å². The van der Waals surface area contributed by atoms with Gasteiger partial charge < -0.3 is 15.3 Å². The van der Waals surface area contributed by atoms with Gasteiger partial charge in [0.25, 0.3) is 0 Å². The molecular formula is C18H23ClN2O3. The van der Waals surface area contributed by atoms with Crippen LogP contribution in [-0.4, -0.2) is 23.9 Å². The topological polar surface area (TPSA) is 70.9 Å². The van der Waals surface area contributed by atoms with Crippen molar-refractivity contribution in [3.8, 4) is 5.75 Å². The lowest BCUT2D eigenvalue weighted by atomic mass is 9.64. The first kappa shape index (κ1) is 17.1. The van der Waals surface area contributed by atoms with E-state index in [1.54, 1.807) is 25.3 Å². The van der Waals surface area contributed by atoms with Crippen molar-refractivity contribution in [1.82, 2.24) is 0 Å². The number of rotatable bonds is 3. The molecule has 5 nitrogen and oxygen atoms in total. The van der Waals surface area contributed by atoms with Gasteiger partial charge in [-0.3, -0.25) is 4.79 Å². The van der Waals surface area contributed by atoms with Gasteiger partial charge in [0, 0.05) is 16.9 Å². The summed E-state index contributed by atoms with van der Waals surface area (Å²) in [5, 5.41) is 16.4. The van der Waals surface area contributed by atoms with E-state index >= 15 is 0 Å². The minimum atomic E-state index is -0.601. The number of methoxy groups -OCH3 is 1. The van der Waals surface area contributed by atoms with E-state index in [1.807, 2.05) is 0 Å². The Balaban J connectivity index is 1.98. The van der Waals surface area contributed by atoms with E-state index in [0.717, 1.165) is 12.8 Å². The van der Waals surface area contributed by atoms with Crippen LogP contribution in [0.2, 0.25) is 5.02 Å². The van der Waals surface area contributed by atoms with Gasteiger partial charge in [0.1, 0.15) is 5.75 Å². The summed E-state index contributed by atoms with van der Waals surface area (Å²) in [5.74, 6) is 0.493. The van der Waals surface area contributed by atoms with Gasteiger partial charge in [-0.2, -0.15) is 0 Å². The predicted molar refractivity (Wildman–Crippen MR) is 94.0 cm³/mol. The second-order valence-corrected chi connectivity index (χ2v) is 8.00. The molecule has 0 radical (unpaired) electrons. The van der Waals surface area contributed by atoms with Crippen LogP contribution in [0.25, 0.3) is 0 Å². The summed E-state index contributed by atoms with van der Waals surface area (Å²) < 4.78 is 5.32. The van der Waals surface area contributed by atoms with Crippen molar-refractivity contribution in [2.24, 2.45) is 21.4 Å². The summed E-state index contributed by atoms with van der Waals surface area (Å²) >= 11 is 6.06. The van der Waals surface area contributed by atoms with E-state index in [-0.39, 0.29) is 16.7 Å². The maximum Gasteiger partial charge on any atom is 0.231 e. The van der Waals surface area contributed by atoms with Crippen LogP contribution >= 0.6 is 11.6 Å². The number of ether oxygens (including phenoxy) is 1. The van der Waals surface area contributed by atoms with E-state index in [1.165, 1.54) is 0 Å². The third-order valence-corrected chi connectivity index (χ3v) is 6.93. The quantitative estimate of drug-likeness (QED) is 0.629. The standard InChI is InChI=1S/C18H23ClN2O3/c1-16(2)17(3)7-8-18(16,10-14(17)21-23)15(22)20-12-9-11(19)5-6-13(12)24-4/h5-6,9,23H,7-8,10H2,1-4H3,(H,20,22). The Bertz CT molecular complexity index is 731. The lowest BCUT2D eigenvalue weighted by Gasteiger charge is -2.39. The Morgan fingerprint density at radius 2 is 2.04 bits per heavy atom. The molecule has 130 valence electrons. The monoisotopic (exact) mass is 350 g/mol. The lowest BCUT2D eigenvalue weighted by molar-refractivity contribution is -0.130. The van der Waals surface area contributed by atoms with E-state index in [2.05, 4.69) is 31.2 Å². The molecule has 24 heavy (non-hydrogen) atoms. The lowest BCUT2D eigenvalue weighted by Crippen LogP contribution is -2.43. The van der Waals surface area contributed by atoms with Gasteiger partial charge in [-0.25, -0.2) is 0 Å². The summed E-state index contributed by atoms with van der Waals surface area (Å²) in [6.45, 7) is 6.27. The highest BCUT2D eigenvalue weighted by atomic mass is 35.5. The number of amides is 1. The second-order valence-electron chi connectivity index (χ2n) is 7.56. The van der Waals surface area contributed by atoms with Crippen LogP contribution < -0.4 is 10.1 Å². The normalized spacial score (nSPS) is 32.1. The number of nitrogens with one attached hydrogen (secondary N) is 1. The number of hydrogen-bond acceptors (Lipinski definition) is 4. The molecule has 2 N–H and O–H groups in total. The number of oxime groups is 1. The highest BCUT2D eigenvalue weighted by Crippen LogP contribution is 2.71. The minimum absolute atomic E-state index is 0.0737. The molecule has 3 rings (SSSR count). The number of hydrogen-bond donors (Lipinski definition) is 2. The summed E-state index contributed by atoms with van der Waals surface area (Å²) in [4.78, 5) is 13.2. The fraction of sp³-hybridized carbons (Fsp3) is 0.556. The van der Waals surface area contributed by atoms with Crippen molar-refractivity contribution >= 4 is 28.9 Å². The van der Waals surface area contributed by atoms with Gasteiger partial charge >= 0.3 is 0 Å². The van der Waals surface area contributed by atoms with Gasteiger partial charge in [-0.15, -0.1) is 0 Å². The van der Waals surface area contributed by atoms with Gasteiger partial charge in [0.2, 0.25) is 5.91 Å². The molecule has 6 heteroatoms. The van der Waals surface area contributed by atoms with Crippen molar-refractivity contribution in [2.45, 2.75) is 40.0 Å². The van der Waals surface area contributed by atoms with E-state index in [4.69, 9.17) is 16.3 Å². The highest BCUT2D eigenvalue weighted by molar-refractivity contribution is 6.31. The first-order valence-corrected chi connectivity index (χ1v) is 8.46. The number of carbonyl (C=O) groups excluding carboxylic acids is 1. The molecule has 1 amide bonds. The van der Waals surface area contributed by atoms with Crippen LogP contribution in [-0.2, 0) is 4.79 Å². The summed E-state index contributed by atoms with van der Waals surface area (Å²) in [5.41, 5.74) is 0.0983. The molecule has 2 atom stereocenters. The van der Waals surface area contributed by atoms with Gasteiger partial charge in [0.15, 0.2) is 0 Å². The molecule has 2 fully saturated rings. The van der Waals surface area contributed by atoms with Crippen molar-refractivity contribution in [1.29, 1.82) is 0 Å². The zero-order valence-corrected chi connectivity index (χ0v) is 15.2. The number of halogens is 1. The summed E-state index contributed by atoms with van der Waals surface area (Å²) in [6, 6.07) is 5.14. The SMILES string of the molecule is COc1ccc(Cl)cc1NC(=O)C12CCC(C)(C(=NO)C1)C2(C)C. The van der Waals surface area contributed by atoms with Crippen LogP contribution in [0.3, 0.4) is 0 Å². The summed E-state index contributed by atoms with van der Waals surface area (Å²) in [6.07, 6.45) is 2.07. The Morgan fingerprint density at radius 1 is 1.33 bits per heavy atom. The maximum atomic E-state index is 13.2. The molecule has 0 heterocycles. The smallest absolute Gasteiger partial charge is 0.231 e. The van der Waals surface area contributed by atoms with Gasteiger partial charge in [-0.05, 0) is 36.5 Å². The van der Waals surface area contributed by atoms with Crippen LogP contribution in [0.5, 0.6) is 5.75 Å². The minimum Gasteiger partial charge on any atom is -0.495 e. The number of fused-ring (bicyclic) bond motifs is 2. The Morgan fingerprint density at radius 3 is 2.62 bits per heavy atom. The molecule has 2 saturated carbocycles. The Hall–Kier alpha value is -1.75.